The summed E-state index contributed by atoms with van der Waals surface area (Å²) in [7, 11) is 4.02. The fourth-order valence-electron chi connectivity index (χ4n) is 3.18. The standard InChI is InChI=1S/C19H28FN3O2/c1-23(2)12-4-11-21-18(24)14-7-9-15(10-8-14)19(25)22-17-6-3-5-16(20)13-17/h3,5-6,13-15H,4,7-12H2,1-2H3,(H,21,24)(H,22,25). The Morgan fingerprint density at radius 3 is 2.36 bits per heavy atom. The van der Waals surface area contributed by atoms with Gasteiger partial charge in [0.2, 0.25) is 11.8 Å². The van der Waals surface area contributed by atoms with Crippen LogP contribution in [0.25, 0.3) is 0 Å². The first-order valence-electron chi connectivity index (χ1n) is 8.94. The molecule has 6 heteroatoms. The van der Waals surface area contributed by atoms with Gasteiger partial charge in [0.15, 0.2) is 0 Å². The minimum Gasteiger partial charge on any atom is -0.356 e. The molecule has 0 aromatic heterocycles. The zero-order valence-electron chi connectivity index (χ0n) is 15.1. The highest BCUT2D eigenvalue weighted by Crippen LogP contribution is 2.30. The molecule has 1 fully saturated rings. The monoisotopic (exact) mass is 349 g/mol. The first-order valence-corrected chi connectivity index (χ1v) is 8.94. The highest BCUT2D eigenvalue weighted by molar-refractivity contribution is 5.92. The number of hydrogen-bond acceptors (Lipinski definition) is 3. The summed E-state index contributed by atoms with van der Waals surface area (Å²) in [5.41, 5.74) is 0.478. The predicted molar refractivity (Wildman–Crippen MR) is 96.7 cm³/mol. The molecule has 0 atom stereocenters. The minimum atomic E-state index is -0.368. The van der Waals surface area contributed by atoms with E-state index in [9.17, 15) is 14.0 Å². The van der Waals surface area contributed by atoms with Crippen molar-refractivity contribution < 1.29 is 14.0 Å². The molecular formula is C19H28FN3O2. The van der Waals surface area contributed by atoms with Crippen molar-refractivity contribution in [1.29, 1.82) is 0 Å². The zero-order valence-corrected chi connectivity index (χ0v) is 15.1. The van der Waals surface area contributed by atoms with Crippen molar-refractivity contribution in [1.82, 2.24) is 10.2 Å². The van der Waals surface area contributed by atoms with Gasteiger partial charge >= 0.3 is 0 Å². The summed E-state index contributed by atoms with van der Waals surface area (Å²) >= 11 is 0. The smallest absolute Gasteiger partial charge is 0.227 e. The molecule has 1 aliphatic rings. The molecule has 2 amide bonds. The number of rotatable bonds is 7. The van der Waals surface area contributed by atoms with Gasteiger partial charge < -0.3 is 15.5 Å². The van der Waals surface area contributed by atoms with Gasteiger partial charge in [-0.1, -0.05) is 6.07 Å². The van der Waals surface area contributed by atoms with E-state index in [0.29, 0.717) is 25.1 Å². The first kappa shape index (κ1) is 19.4. The van der Waals surface area contributed by atoms with Crippen molar-refractivity contribution in [3.63, 3.8) is 0 Å². The van der Waals surface area contributed by atoms with Crippen LogP contribution < -0.4 is 10.6 Å². The molecule has 1 saturated carbocycles. The van der Waals surface area contributed by atoms with E-state index in [0.717, 1.165) is 25.8 Å². The Hall–Kier alpha value is -1.95. The van der Waals surface area contributed by atoms with Crippen LogP contribution in [-0.2, 0) is 9.59 Å². The predicted octanol–water partition coefficient (Wildman–Crippen LogP) is 2.64. The summed E-state index contributed by atoms with van der Waals surface area (Å²) < 4.78 is 13.2. The molecule has 25 heavy (non-hydrogen) atoms. The average Bonchev–Trinajstić information content (AvgIpc) is 2.58. The fourth-order valence-corrected chi connectivity index (χ4v) is 3.18. The molecule has 5 nitrogen and oxygen atoms in total. The van der Waals surface area contributed by atoms with Crippen molar-refractivity contribution in [3.8, 4) is 0 Å². The average molecular weight is 349 g/mol. The van der Waals surface area contributed by atoms with Crippen LogP contribution in [0.4, 0.5) is 10.1 Å². The van der Waals surface area contributed by atoms with Gasteiger partial charge in [-0.2, -0.15) is 0 Å². The van der Waals surface area contributed by atoms with E-state index < -0.39 is 0 Å². The van der Waals surface area contributed by atoms with Gasteiger partial charge in [0.05, 0.1) is 0 Å². The molecular weight excluding hydrogens is 321 g/mol. The molecule has 1 aromatic carbocycles. The van der Waals surface area contributed by atoms with Crippen LogP contribution in [-0.4, -0.2) is 43.9 Å². The number of nitrogens with zero attached hydrogens (tertiary/aromatic N) is 1. The second-order valence-electron chi connectivity index (χ2n) is 7.00. The lowest BCUT2D eigenvalue weighted by Gasteiger charge is -2.27. The Morgan fingerprint density at radius 2 is 1.76 bits per heavy atom. The Labute approximate surface area is 149 Å². The topological polar surface area (TPSA) is 61.4 Å². The lowest BCUT2D eigenvalue weighted by Crippen LogP contribution is -2.36. The first-order chi connectivity index (χ1) is 12.0. The number of amides is 2. The van der Waals surface area contributed by atoms with Gasteiger partial charge in [0.25, 0.3) is 0 Å². The third kappa shape index (κ3) is 6.46. The van der Waals surface area contributed by atoms with E-state index in [2.05, 4.69) is 15.5 Å². The third-order valence-electron chi connectivity index (χ3n) is 4.64. The maximum Gasteiger partial charge on any atom is 0.227 e. The number of benzene rings is 1. The van der Waals surface area contributed by atoms with Crippen LogP contribution in [0.1, 0.15) is 32.1 Å². The van der Waals surface area contributed by atoms with Crippen molar-refractivity contribution in [2.75, 3.05) is 32.5 Å². The zero-order chi connectivity index (χ0) is 18.2. The van der Waals surface area contributed by atoms with Crippen LogP contribution in [0.3, 0.4) is 0 Å². The summed E-state index contributed by atoms with van der Waals surface area (Å²) in [6, 6.07) is 5.90. The van der Waals surface area contributed by atoms with Crippen LogP contribution in [0, 0.1) is 17.7 Å². The minimum absolute atomic E-state index is 0.00224. The van der Waals surface area contributed by atoms with Crippen LogP contribution >= 0.6 is 0 Å². The van der Waals surface area contributed by atoms with Gasteiger partial charge in [0, 0.05) is 24.1 Å². The molecule has 0 spiro atoms. The Bertz CT molecular complexity index is 584. The maximum absolute atomic E-state index is 13.2. The highest BCUT2D eigenvalue weighted by atomic mass is 19.1. The summed E-state index contributed by atoms with van der Waals surface area (Å²) in [6.07, 6.45) is 3.76. The molecule has 138 valence electrons. The molecule has 0 unspecified atom stereocenters. The van der Waals surface area contributed by atoms with E-state index in [1.54, 1.807) is 12.1 Å². The number of anilines is 1. The molecule has 0 aliphatic heterocycles. The van der Waals surface area contributed by atoms with E-state index in [4.69, 9.17) is 0 Å². The van der Waals surface area contributed by atoms with Crippen LogP contribution in [0.5, 0.6) is 0 Å². The fraction of sp³-hybridized carbons (Fsp3) is 0.579. The van der Waals surface area contributed by atoms with E-state index in [1.807, 2.05) is 14.1 Å². The molecule has 2 N–H and O–H groups in total. The van der Waals surface area contributed by atoms with Gasteiger partial charge in [-0.15, -0.1) is 0 Å². The van der Waals surface area contributed by atoms with Crippen molar-refractivity contribution in [2.45, 2.75) is 32.1 Å². The second kappa shape index (κ2) is 9.51. The molecule has 1 aromatic rings. The van der Waals surface area contributed by atoms with E-state index >= 15 is 0 Å². The molecule has 0 saturated heterocycles. The molecule has 0 radical (unpaired) electrons. The molecule has 0 bridgehead atoms. The Balaban J connectivity index is 1.71. The van der Waals surface area contributed by atoms with Gasteiger partial charge in [-0.05, 0) is 70.9 Å². The molecule has 1 aliphatic carbocycles. The lowest BCUT2D eigenvalue weighted by molar-refractivity contribution is -0.128. The van der Waals surface area contributed by atoms with Crippen molar-refractivity contribution >= 4 is 17.5 Å². The quantitative estimate of drug-likeness (QED) is 0.744. The van der Waals surface area contributed by atoms with E-state index in [-0.39, 0.29) is 29.5 Å². The lowest BCUT2D eigenvalue weighted by atomic mass is 9.81. The Morgan fingerprint density at radius 1 is 1.12 bits per heavy atom. The highest BCUT2D eigenvalue weighted by Gasteiger charge is 2.29. The van der Waals surface area contributed by atoms with Gasteiger partial charge in [0.1, 0.15) is 5.82 Å². The van der Waals surface area contributed by atoms with Gasteiger partial charge in [-0.3, -0.25) is 9.59 Å². The number of nitrogens with one attached hydrogen (secondary N) is 2. The molecule has 2 rings (SSSR count). The SMILES string of the molecule is CN(C)CCCNC(=O)C1CCC(C(=O)Nc2cccc(F)c2)CC1. The number of carbonyl (C=O) groups is 2. The van der Waals surface area contributed by atoms with Crippen molar-refractivity contribution in [2.24, 2.45) is 11.8 Å². The summed E-state index contributed by atoms with van der Waals surface area (Å²) in [4.78, 5) is 26.6. The number of halogens is 1. The third-order valence-corrected chi connectivity index (χ3v) is 4.64. The van der Waals surface area contributed by atoms with Crippen LogP contribution in [0.15, 0.2) is 24.3 Å². The largest absolute Gasteiger partial charge is 0.356 e. The number of hydrogen-bond donors (Lipinski definition) is 2. The van der Waals surface area contributed by atoms with Crippen LogP contribution in [0.2, 0.25) is 0 Å². The number of carbonyl (C=O) groups excluding carboxylic acids is 2. The maximum atomic E-state index is 13.2. The normalized spacial score (nSPS) is 20.3. The summed E-state index contributed by atoms with van der Waals surface area (Å²) in [5, 5.41) is 5.75. The second-order valence-corrected chi connectivity index (χ2v) is 7.00. The summed E-state index contributed by atoms with van der Waals surface area (Å²) in [6.45, 7) is 1.64. The molecule has 0 heterocycles. The Kier molecular flexibility index (Phi) is 7.37. The van der Waals surface area contributed by atoms with Gasteiger partial charge in [-0.25, -0.2) is 4.39 Å². The van der Waals surface area contributed by atoms with Crippen molar-refractivity contribution in [3.05, 3.63) is 30.1 Å². The van der Waals surface area contributed by atoms with E-state index in [1.165, 1.54) is 12.1 Å². The summed E-state index contributed by atoms with van der Waals surface area (Å²) in [5.74, 6) is -0.468.